The molecule has 1 aliphatic heterocycles. The van der Waals surface area contributed by atoms with Gasteiger partial charge in [-0.15, -0.1) is 11.3 Å². The summed E-state index contributed by atoms with van der Waals surface area (Å²) in [4.78, 5) is 25.0. The average Bonchev–Trinajstić information content (AvgIpc) is 3.29. The second-order valence-electron chi connectivity index (χ2n) is 7.90. The molecule has 1 fully saturated rings. The number of benzene rings is 2. The molecule has 0 radical (unpaired) electrons. The highest BCUT2D eigenvalue weighted by Crippen LogP contribution is 2.34. The molecule has 9 heteroatoms. The summed E-state index contributed by atoms with van der Waals surface area (Å²) in [7, 11) is 0. The molecular formula is C25H24N6O2S. The van der Waals surface area contributed by atoms with Crippen molar-refractivity contribution in [3.63, 3.8) is 0 Å². The maximum Gasteiger partial charge on any atom is 0.265 e. The van der Waals surface area contributed by atoms with E-state index in [-0.39, 0.29) is 5.91 Å². The van der Waals surface area contributed by atoms with Gasteiger partial charge in [0.25, 0.3) is 5.91 Å². The third-order valence-corrected chi connectivity index (χ3v) is 6.46. The molecule has 2 N–H and O–H groups in total. The number of rotatable bonds is 6. The Morgan fingerprint density at radius 2 is 1.91 bits per heavy atom. The Bertz CT molecular complexity index is 1330. The van der Waals surface area contributed by atoms with Crippen molar-refractivity contribution < 1.29 is 9.53 Å². The molecule has 8 nitrogen and oxygen atoms in total. The highest BCUT2D eigenvalue weighted by molar-refractivity contribution is 7.21. The van der Waals surface area contributed by atoms with E-state index in [4.69, 9.17) is 9.72 Å². The maximum absolute atomic E-state index is 12.9. The molecule has 1 saturated heterocycles. The first-order valence-corrected chi connectivity index (χ1v) is 11.8. The molecule has 0 saturated carbocycles. The number of amides is 1. The number of para-hydroxylation sites is 1. The lowest BCUT2D eigenvalue weighted by atomic mass is 10.2. The lowest BCUT2D eigenvalue weighted by Gasteiger charge is -2.28. The van der Waals surface area contributed by atoms with E-state index < -0.39 is 0 Å². The van der Waals surface area contributed by atoms with Gasteiger partial charge in [0.1, 0.15) is 0 Å². The molecule has 5 rings (SSSR count). The highest BCUT2D eigenvalue weighted by Gasteiger charge is 2.21. The zero-order valence-electron chi connectivity index (χ0n) is 18.7. The van der Waals surface area contributed by atoms with Gasteiger partial charge in [-0.25, -0.2) is 10.4 Å². The van der Waals surface area contributed by atoms with Gasteiger partial charge < -0.3 is 15.0 Å². The number of morpholine rings is 1. The summed E-state index contributed by atoms with van der Waals surface area (Å²) in [5.74, 6) is 0.991. The second-order valence-corrected chi connectivity index (χ2v) is 8.95. The van der Waals surface area contributed by atoms with Crippen LogP contribution in [0.1, 0.15) is 20.8 Å². The zero-order chi connectivity index (χ0) is 23.3. The molecule has 0 atom stereocenters. The van der Waals surface area contributed by atoms with E-state index in [9.17, 15) is 4.79 Å². The number of thiophene rings is 1. The summed E-state index contributed by atoms with van der Waals surface area (Å²) < 4.78 is 6.38. The van der Waals surface area contributed by atoms with Crippen LogP contribution >= 0.6 is 11.3 Å². The van der Waals surface area contributed by atoms with Gasteiger partial charge in [-0.2, -0.15) is 10.1 Å². The normalized spacial score (nSPS) is 14.0. The fourth-order valence-corrected chi connectivity index (χ4v) is 4.70. The van der Waals surface area contributed by atoms with Crippen LogP contribution in [0.5, 0.6) is 0 Å². The first-order chi connectivity index (χ1) is 16.7. The number of anilines is 3. The zero-order valence-corrected chi connectivity index (χ0v) is 19.5. The van der Waals surface area contributed by atoms with Gasteiger partial charge in [0.15, 0.2) is 5.82 Å². The second kappa shape index (κ2) is 9.98. The van der Waals surface area contributed by atoms with E-state index >= 15 is 0 Å². The van der Waals surface area contributed by atoms with Crippen LogP contribution < -0.4 is 15.6 Å². The number of fused-ring (bicyclic) bond motifs is 1. The number of nitrogens with one attached hydrogen (secondary N) is 2. The minimum atomic E-state index is -0.172. The van der Waals surface area contributed by atoms with Crippen LogP contribution in [0.2, 0.25) is 0 Å². The molecule has 4 aromatic rings. The van der Waals surface area contributed by atoms with E-state index in [0.29, 0.717) is 29.6 Å². The first-order valence-electron chi connectivity index (χ1n) is 11.0. The van der Waals surface area contributed by atoms with E-state index in [1.54, 1.807) is 12.3 Å². The summed E-state index contributed by atoms with van der Waals surface area (Å²) in [5.41, 5.74) is 6.55. The Labute approximate surface area is 201 Å². The molecule has 0 unspecified atom stereocenters. The van der Waals surface area contributed by atoms with Crippen molar-refractivity contribution in [2.75, 3.05) is 41.9 Å². The van der Waals surface area contributed by atoms with Gasteiger partial charge in [0, 0.05) is 18.8 Å². The molecule has 0 spiro atoms. The average molecular weight is 473 g/mol. The summed E-state index contributed by atoms with van der Waals surface area (Å²) in [6.07, 6.45) is 1.74. The summed E-state index contributed by atoms with van der Waals surface area (Å²) in [6.45, 7) is 4.75. The molecule has 34 heavy (non-hydrogen) atoms. The monoisotopic (exact) mass is 472 g/mol. The molecule has 2 aromatic heterocycles. The van der Waals surface area contributed by atoms with E-state index in [0.717, 1.165) is 40.4 Å². The molecule has 3 heterocycles. The van der Waals surface area contributed by atoms with Crippen molar-refractivity contribution >= 4 is 51.1 Å². The molecule has 1 amide bonds. The van der Waals surface area contributed by atoms with Crippen LogP contribution in [0, 0.1) is 6.92 Å². The number of carbonyl (C=O) groups excluding carboxylic acids is 1. The Morgan fingerprint density at radius 3 is 2.71 bits per heavy atom. The van der Waals surface area contributed by atoms with Crippen molar-refractivity contribution in [3.8, 4) is 0 Å². The molecule has 0 bridgehead atoms. The molecule has 0 aliphatic carbocycles. The molecule has 2 aromatic carbocycles. The van der Waals surface area contributed by atoms with Crippen LogP contribution in [0.4, 0.5) is 17.5 Å². The van der Waals surface area contributed by atoms with Gasteiger partial charge in [-0.1, -0.05) is 48.0 Å². The predicted octanol–water partition coefficient (Wildman–Crippen LogP) is 4.53. The van der Waals surface area contributed by atoms with Crippen molar-refractivity contribution in [1.29, 1.82) is 0 Å². The van der Waals surface area contributed by atoms with Crippen molar-refractivity contribution in [2.45, 2.75) is 6.92 Å². The van der Waals surface area contributed by atoms with Crippen LogP contribution in [-0.2, 0) is 4.74 Å². The standard InChI is InChI=1S/C25H24N6O2S/c1-17-6-5-7-18(14-17)16-26-30-25-28-20-15-21(24(32)27-19-8-3-2-4-9-19)34-22(20)23(29-25)31-10-12-33-13-11-31/h2-9,14-16H,10-13H2,1H3,(H,27,32)(H,28,29,30)/b26-16+. The number of carbonyl (C=O) groups is 1. The third kappa shape index (κ3) is 5.05. The smallest absolute Gasteiger partial charge is 0.265 e. The van der Waals surface area contributed by atoms with Gasteiger partial charge in [-0.05, 0) is 30.7 Å². The fourth-order valence-electron chi connectivity index (χ4n) is 3.70. The topological polar surface area (TPSA) is 91.7 Å². The Balaban J connectivity index is 1.45. The van der Waals surface area contributed by atoms with Crippen molar-refractivity contribution in [3.05, 3.63) is 76.7 Å². The van der Waals surface area contributed by atoms with Crippen molar-refractivity contribution in [2.24, 2.45) is 5.10 Å². The maximum atomic E-state index is 12.9. The van der Waals surface area contributed by atoms with E-state index in [1.807, 2.05) is 61.5 Å². The number of hydrogen-bond acceptors (Lipinski definition) is 8. The predicted molar refractivity (Wildman–Crippen MR) is 137 cm³/mol. The van der Waals surface area contributed by atoms with Gasteiger partial charge in [-0.3, -0.25) is 4.79 Å². The number of ether oxygens (including phenoxy) is 1. The van der Waals surface area contributed by atoms with Crippen LogP contribution in [-0.4, -0.2) is 48.4 Å². The summed E-state index contributed by atoms with van der Waals surface area (Å²) in [6, 6.07) is 19.3. The first kappa shape index (κ1) is 22.0. The van der Waals surface area contributed by atoms with E-state index in [1.165, 1.54) is 11.3 Å². The Kier molecular flexibility index (Phi) is 6.46. The minimum absolute atomic E-state index is 0.172. The van der Waals surface area contributed by atoms with E-state index in [2.05, 4.69) is 25.7 Å². The molecule has 172 valence electrons. The van der Waals surface area contributed by atoms with Crippen LogP contribution in [0.3, 0.4) is 0 Å². The number of aromatic nitrogens is 2. The summed E-state index contributed by atoms with van der Waals surface area (Å²) in [5, 5.41) is 7.26. The quantitative estimate of drug-likeness (QED) is 0.316. The third-order valence-electron chi connectivity index (χ3n) is 5.34. The lowest BCUT2D eigenvalue weighted by Crippen LogP contribution is -2.36. The van der Waals surface area contributed by atoms with Gasteiger partial charge in [0.2, 0.25) is 5.95 Å². The number of hydrazone groups is 1. The number of aryl methyl sites for hydroxylation is 1. The number of nitrogens with zero attached hydrogens (tertiary/aromatic N) is 4. The summed E-state index contributed by atoms with van der Waals surface area (Å²) >= 11 is 1.39. The SMILES string of the molecule is Cc1cccc(/C=N/Nc2nc(N3CCOCC3)c3sc(C(=O)Nc4ccccc4)cc3n2)c1. The van der Waals surface area contributed by atoms with Gasteiger partial charge in [0.05, 0.1) is 34.5 Å². The van der Waals surface area contributed by atoms with Crippen LogP contribution in [0.15, 0.2) is 65.8 Å². The van der Waals surface area contributed by atoms with Gasteiger partial charge >= 0.3 is 0 Å². The van der Waals surface area contributed by atoms with Crippen LogP contribution in [0.25, 0.3) is 10.2 Å². The molecule has 1 aliphatic rings. The Hall–Kier alpha value is -3.82. The Morgan fingerprint density at radius 1 is 1.09 bits per heavy atom. The largest absolute Gasteiger partial charge is 0.378 e. The van der Waals surface area contributed by atoms with Crippen molar-refractivity contribution in [1.82, 2.24) is 9.97 Å². The number of hydrogen-bond donors (Lipinski definition) is 2. The highest BCUT2D eigenvalue weighted by atomic mass is 32.1. The minimum Gasteiger partial charge on any atom is -0.378 e. The lowest BCUT2D eigenvalue weighted by molar-refractivity contribution is 0.103. The fraction of sp³-hybridized carbons (Fsp3) is 0.200. The molecular weight excluding hydrogens is 448 g/mol.